The first-order valence-electron chi connectivity index (χ1n) is 13.9. The SMILES string of the molecule is COc1ccc(CCN2C(=O)[C@@H]3[C@H](Cc4c[nH]c5ccccc45)N[C@]4(C(=O)Nc5c(Cl)cccc54)[C@@H]3C2=O)cc1OC. The van der Waals surface area contributed by atoms with Crippen LogP contribution in [0.25, 0.3) is 10.9 Å². The van der Waals surface area contributed by atoms with E-state index in [1.54, 1.807) is 38.5 Å². The minimum absolute atomic E-state index is 0.181. The molecule has 0 unspecified atom stereocenters. The zero-order valence-corrected chi connectivity index (χ0v) is 23.8. The number of ether oxygens (including phenoxy) is 2. The van der Waals surface area contributed by atoms with Crippen molar-refractivity contribution in [2.75, 3.05) is 26.1 Å². The number of likely N-dealkylation sites (tertiary alicyclic amines) is 1. The number of carbonyl (C=O) groups is 3. The molecule has 10 heteroatoms. The van der Waals surface area contributed by atoms with Gasteiger partial charge in [-0.1, -0.05) is 48.0 Å². The number of nitrogens with one attached hydrogen (secondary N) is 3. The number of imide groups is 1. The van der Waals surface area contributed by atoms with Crippen LogP contribution in [-0.4, -0.2) is 54.4 Å². The van der Waals surface area contributed by atoms with Crippen molar-refractivity contribution in [1.82, 2.24) is 15.2 Å². The highest BCUT2D eigenvalue weighted by atomic mass is 35.5. The number of para-hydroxylation sites is 2. The van der Waals surface area contributed by atoms with E-state index in [0.717, 1.165) is 22.0 Å². The maximum Gasteiger partial charge on any atom is 0.250 e. The molecule has 1 spiro atoms. The lowest BCUT2D eigenvalue weighted by atomic mass is 9.76. The van der Waals surface area contributed by atoms with Crippen LogP contribution in [0.5, 0.6) is 11.5 Å². The van der Waals surface area contributed by atoms with Gasteiger partial charge < -0.3 is 19.8 Å². The summed E-state index contributed by atoms with van der Waals surface area (Å²) in [7, 11) is 3.13. The number of amides is 3. The summed E-state index contributed by atoms with van der Waals surface area (Å²) in [6.45, 7) is 0.181. The van der Waals surface area contributed by atoms with E-state index in [2.05, 4.69) is 15.6 Å². The third kappa shape index (κ3) is 3.77. The maximum absolute atomic E-state index is 14.2. The van der Waals surface area contributed by atoms with Gasteiger partial charge in [-0.05, 0) is 48.2 Å². The first kappa shape index (κ1) is 26.6. The van der Waals surface area contributed by atoms with E-state index < -0.39 is 23.4 Å². The summed E-state index contributed by atoms with van der Waals surface area (Å²) >= 11 is 6.49. The Morgan fingerprint density at radius 3 is 2.57 bits per heavy atom. The number of fused-ring (bicyclic) bond motifs is 5. The molecule has 0 aliphatic carbocycles. The molecule has 214 valence electrons. The topological polar surface area (TPSA) is 113 Å². The van der Waals surface area contributed by atoms with Crippen LogP contribution in [0.3, 0.4) is 0 Å². The molecule has 3 N–H and O–H groups in total. The number of methoxy groups -OCH3 is 2. The minimum atomic E-state index is -1.41. The molecule has 7 rings (SSSR count). The molecule has 2 saturated heterocycles. The fourth-order valence-electron chi connectivity index (χ4n) is 7.06. The highest BCUT2D eigenvalue weighted by Gasteiger charge is 2.70. The highest BCUT2D eigenvalue weighted by Crippen LogP contribution is 2.54. The number of rotatable bonds is 7. The molecule has 3 amide bonds. The first-order chi connectivity index (χ1) is 20.4. The van der Waals surface area contributed by atoms with Gasteiger partial charge in [0.1, 0.15) is 5.54 Å². The van der Waals surface area contributed by atoms with E-state index in [9.17, 15) is 14.4 Å². The van der Waals surface area contributed by atoms with Gasteiger partial charge in [-0.15, -0.1) is 0 Å². The Bertz CT molecular complexity index is 1770. The van der Waals surface area contributed by atoms with Crippen LogP contribution in [0.15, 0.2) is 66.9 Å². The summed E-state index contributed by atoms with van der Waals surface area (Å²) < 4.78 is 10.8. The van der Waals surface area contributed by atoms with Crippen molar-refractivity contribution < 1.29 is 23.9 Å². The number of anilines is 1. The average Bonchev–Trinajstić information content (AvgIpc) is 3.71. The lowest BCUT2D eigenvalue weighted by Crippen LogP contribution is -2.53. The molecule has 1 aromatic heterocycles. The zero-order valence-electron chi connectivity index (χ0n) is 23.1. The Hall–Kier alpha value is -4.34. The number of H-pyrrole nitrogens is 1. The molecule has 2 fully saturated rings. The van der Waals surface area contributed by atoms with Crippen LogP contribution < -0.4 is 20.1 Å². The second kappa shape index (κ2) is 9.89. The molecule has 3 aliphatic rings. The lowest BCUT2D eigenvalue weighted by molar-refractivity contribution is -0.142. The number of aromatic nitrogens is 1. The van der Waals surface area contributed by atoms with Crippen LogP contribution in [-0.2, 0) is 32.8 Å². The second-order valence-electron chi connectivity index (χ2n) is 11.0. The quantitative estimate of drug-likeness (QED) is 0.283. The Balaban J connectivity index is 1.26. The van der Waals surface area contributed by atoms with E-state index in [4.69, 9.17) is 21.1 Å². The number of carbonyl (C=O) groups excluding carboxylic acids is 3. The van der Waals surface area contributed by atoms with E-state index in [1.807, 2.05) is 42.6 Å². The summed E-state index contributed by atoms with van der Waals surface area (Å²) in [5.41, 5.74) is 2.55. The number of aromatic amines is 1. The number of hydrogen-bond donors (Lipinski definition) is 3. The van der Waals surface area contributed by atoms with Crippen LogP contribution in [0.2, 0.25) is 5.02 Å². The molecule has 0 radical (unpaired) electrons. The van der Waals surface area contributed by atoms with Crippen LogP contribution in [0, 0.1) is 11.8 Å². The Morgan fingerprint density at radius 1 is 0.952 bits per heavy atom. The normalized spacial score (nSPS) is 24.4. The molecule has 0 bridgehead atoms. The van der Waals surface area contributed by atoms with E-state index in [1.165, 1.54) is 4.90 Å². The molecule has 9 nitrogen and oxygen atoms in total. The number of benzene rings is 3. The summed E-state index contributed by atoms with van der Waals surface area (Å²) in [5.74, 6) is -1.47. The summed E-state index contributed by atoms with van der Waals surface area (Å²) in [6.07, 6.45) is 2.82. The molecular weight excluding hydrogens is 556 g/mol. The van der Waals surface area contributed by atoms with Gasteiger partial charge in [-0.2, -0.15) is 0 Å². The Labute approximate surface area is 247 Å². The van der Waals surface area contributed by atoms with Crippen molar-refractivity contribution in [3.05, 3.63) is 88.6 Å². The smallest absolute Gasteiger partial charge is 0.250 e. The van der Waals surface area contributed by atoms with Crippen LogP contribution in [0.1, 0.15) is 16.7 Å². The molecule has 3 aromatic carbocycles. The van der Waals surface area contributed by atoms with Crippen molar-refractivity contribution in [2.24, 2.45) is 11.8 Å². The van der Waals surface area contributed by atoms with Gasteiger partial charge >= 0.3 is 0 Å². The average molecular weight is 585 g/mol. The largest absolute Gasteiger partial charge is 0.493 e. The van der Waals surface area contributed by atoms with Crippen molar-refractivity contribution in [2.45, 2.75) is 24.4 Å². The Morgan fingerprint density at radius 2 is 1.76 bits per heavy atom. The van der Waals surface area contributed by atoms with Gasteiger partial charge in [0.15, 0.2) is 11.5 Å². The summed E-state index contributed by atoms with van der Waals surface area (Å²) in [4.78, 5) is 46.8. The monoisotopic (exact) mass is 584 g/mol. The number of nitrogens with zero attached hydrogens (tertiary/aromatic N) is 1. The van der Waals surface area contributed by atoms with E-state index in [0.29, 0.717) is 40.6 Å². The minimum Gasteiger partial charge on any atom is -0.493 e. The van der Waals surface area contributed by atoms with Gasteiger partial charge in [0.25, 0.3) is 0 Å². The number of hydrogen-bond acceptors (Lipinski definition) is 6. The molecule has 42 heavy (non-hydrogen) atoms. The lowest BCUT2D eigenvalue weighted by Gasteiger charge is -2.29. The molecule has 3 aliphatic heterocycles. The molecule has 0 saturated carbocycles. The highest BCUT2D eigenvalue weighted by molar-refractivity contribution is 6.35. The summed E-state index contributed by atoms with van der Waals surface area (Å²) in [6, 6.07) is 18.3. The predicted octanol–water partition coefficient (Wildman–Crippen LogP) is 4.04. The maximum atomic E-state index is 14.2. The van der Waals surface area contributed by atoms with Crippen molar-refractivity contribution in [3.8, 4) is 11.5 Å². The number of halogens is 1. The van der Waals surface area contributed by atoms with Crippen molar-refractivity contribution in [1.29, 1.82) is 0 Å². The Kier molecular flexibility index (Phi) is 6.25. The fraction of sp³-hybridized carbons (Fsp3) is 0.281. The van der Waals surface area contributed by atoms with Gasteiger partial charge in [-0.25, -0.2) is 0 Å². The standard InChI is InChI=1S/C32H29ClN4O5/c1-41-24-11-10-17(14-25(24)42-2)12-13-37-29(38)26-23(15-18-16-34-22-9-4-3-6-19(18)22)36-32(27(26)30(37)39)20-7-5-8-21(33)28(20)35-31(32)40/h3-11,14,16,23,26-27,34,36H,12-13,15H2,1-2H3,(H,35,40)/t23-,26+,27-,32-/m0/s1. The van der Waals surface area contributed by atoms with Gasteiger partial charge in [-0.3, -0.25) is 24.6 Å². The second-order valence-corrected chi connectivity index (χ2v) is 11.4. The zero-order chi connectivity index (χ0) is 29.2. The van der Waals surface area contributed by atoms with Gasteiger partial charge in [0.2, 0.25) is 17.7 Å². The molecular formula is C32H29ClN4O5. The summed E-state index contributed by atoms with van der Waals surface area (Å²) in [5, 5.41) is 7.84. The van der Waals surface area contributed by atoms with Crippen molar-refractivity contribution >= 4 is 45.9 Å². The predicted molar refractivity (Wildman–Crippen MR) is 158 cm³/mol. The molecule has 4 heterocycles. The first-order valence-corrected chi connectivity index (χ1v) is 14.2. The molecule has 4 aromatic rings. The van der Waals surface area contributed by atoms with Crippen molar-refractivity contribution in [3.63, 3.8) is 0 Å². The van der Waals surface area contributed by atoms with Gasteiger partial charge in [0, 0.05) is 35.2 Å². The van der Waals surface area contributed by atoms with Crippen LogP contribution >= 0.6 is 11.6 Å². The third-order valence-corrected chi connectivity index (χ3v) is 9.29. The van der Waals surface area contributed by atoms with E-state index >= 15 is 0 Å². The fourth-order valence-corrected chi connectivity index (χ4v) is 7.28. The third-order valence-electron chi connectivity index (χ3n) is 8.98. The molecule has 4 atom stereocenters. The van der Waals surface area contributed by atoms with E-state index in [-0.39, 0.29) is 24.3 Å². The van der Waals surface area contributed by atoms with Crippen LogP contribution in [0.4, 0.5) is 5.69 Å². The van der Waals surface area contributed by atoms with Gasteiger partial charge in [0.05, 0.1) is 36.8 Å².